The Morgan fingerprint density at radius 2 is 1.76 bits per heavy atom. The Bertz CT molecular complexity index is 1270. The van der Waals surface area contributed by atoms with E-state index in [1.807, 2.05) is 30.7 Å². The van der Waals surface area contributed by atoms with Crippen molar-refractivity contribution in [1.82, 2.24) is 19.9 Å². The number of hydrogen-bond acceptors (Lipinski definition) is 3. The Morgan fingerprint density at radius 3 is 2.45 bits per heavy atom. The van der Waals surface area contributed by atoms with Crippen LogP contribution in [-0.2, 0) is 6.54 Å². The van der Waals surface area contributed by atoms with E-state index in [1.165, 1.54) is 22.5 Å². The molecule has 7 heteroatoms. The van der Waals surface area contributed by atoms with Crippen LogP contribution >= 0.6 is 28.1 Å². The number of pyridine rings is 2. The fraction of sp³-hybridized carbons (Fsp3) is 0.192. The van der Waals surface area contributed by atoms with Gasteiger partial charge < -0.3 is 14.8 Å². The molecule has 1 N–H and O–H groups in total. The smallest absolute Gasteiger partial charge is 0.174 e. The summed E-state index contributed by atoms with van der Waals surface area (Å²) >= 11 is 9.41. The number of nitrogens with one attached hydrogen (secondary N) is 1. The van der Waals surface area contributed by atoms with Gasteiger partial charge in [-0.3, -0.25) is 9.97 Å². The highest BCUT2D eigenvalue weighted by atomic mass is 79.9. The molecule has 2 atom stereocenters. The van der Waals surface area contributed by atoms with Gasteiger partial charge >= 0.3 is 0 Å². The van der Waals surface area contributed by atoms with Gasteiger partial charge in [-0.1, -0.05) is 22.0 Å². The molecule has 1 aliphatic rings. The minimum atomic E-state index is -0.0581. The second kappa shape index (κ2) is 9.08. The predicted octanol–water partition coefficient (Wildman–Crippen LogP) is 5.88. The molecule has 0 bridgehead atoms. The summed E-state index contributed by atoms with van der Waals surface area (Å²) in [5.74, 6) is 0. The number of anilines is 1. The molecule has 5 nitrogen and oxygen atoms in total. The van der Waals surface area contributed by atoms with Crippen LogP contribution in [0.4, 0.5) is 5.69 Å². The molecular weight excluding hydrogens is 494 g/mol. The van der Waals surface area contributed by atoms with E-state index in [4.69, 9.17) is 12.2 Å². The summed E-state index contributed by atoms with van der Waals surface area (Å²) in [5.41, 5.74) is 6.94. The van der Waals surface area contributed by atoms with Gasteiger partial charge in [0.25, 0.3) is 0 Å². The van der Waals surface area contributed by atoms with Crippen LogP contribution in [0.3, 0.4) is 0 Å². The summed E-state index contributed by atoms with van der Waals surface area (Å²) in [6.07, 6.45) is 5.53. The van der Waals surface area contributed by atoms with Gasteiger partial charge in [0, 0.05) is 46.7 Å². The molecule has 0 aliphatic carbocycles. The molecule has 1 aliphatic heterocycles. The number of rotatable bonds is 5. The van der Waals surface area contributed by atoms with E-state index in [2.05, 4.69) is 103 Å². The van der Waals surface area contributed by atoms with Gasteiger partial charge in [0.1, 0.15) is 0 Å². The zero-order chi connectivity index (χ0) is 22.9. The van der Waals surface area contributed by atoms with Crippen LogP contribution in [-0.4, -0.2) is 19.6 Å². The second-order valence-electron chi connectivity index (χ2n) is 8.24. The normalized spacial score (nSPS) is 17.9. The number of halogens is 1. The van der Waals surface area contributed by atoms with Crippen molar-refractivity contribution in [3.05, 3.63) is 112 Å². The van der Waals surface area contributed by atoms with Gasteiger partial charge in [0.05, 0.1) is 17.8 Å². The Hall–Kier alpha value is -3.03. The van der Waals surface area contributed by atoms with E-state index >= 15 is 0 Å². The molecule has 0 radical (unpaired) electrons. The van der Waals surface area contributed by atoms with Crippen LogP contribution in [0.1, 0.15) is 40.3 Å². The maximum absolute atomic E-state index is 5.86. The summed E-state index contributed by atoms with van der Waals surface area (Å²) in [6, 6.07) is 20.7. The van der Waals surface area contributed by atoms with Gasteiger partial charge in [0.15, 0.2) is 5.11 Å². The molecule has 0 saturated carbocycles. The van der Waals surface area contributed by atoms with Crippen molar-refractivity contribution >= 4 is 38.9 Å². The first-order chi connectivity index (χ1) is 16.0. The molecule has 0 amide bonds. The van der Waals surface area contributed by atoms with Crippen molar-refractivity contribution in [1.29, 1.82) is 0 Å². The van der Waals surface area contributed by atoms with E-state index in [9.17, 15) is 0 Å². The van der Waals surface area contributed by atoms with Crippen LogP contribution in [0, 0.1) is 13.8 Å². The van der Waals surface area contributed by atoms with Crippen LogP contribution in [0.2, 0.25) is 0 Å². The minimum absolute atomic E-state index is 0.0223. The number of hydrogen-bond donors (Lipinski definition) is 1. The number of aromatic nitrogens is 3. The predicted molar refractivity (Wildman–Crippen MR) is 139 cm³/mol. The molecule has 1 fully saturated rings. The molecule has 0 spiro atoms. The van der Waals surface area contributed by atoms with E-state index in [1.54, 1.807) is 0 Å². The van der Waals surface area contributed by atoms with E-state index in [-0.39, 0.29) is 12.1 Å². The molecular formula is C26H24BrN5S. The van der Waals surface area contributed by atoms with Gasteiger partial charge in [-0.05, 0) is 91.8 Å². The van der Waals surface area contributed by atoms with E-state index in [0.717, 1.165) is 22.4 Å². The van der Waals surface area contributed by atoms with Crippen molar-refractivity contribution in [2.24, 2.45) is 0 Å². The topological polar surface area (TPSA) is 46.0 Å². The summed E-state index contributed by atoms with van der Waals surface area (Å²) in [7, 11) is 0. The first-order valence-electron chi connectivity index (χ1n) is 10.8. The maximum Gasteiger partial charge on any atom is 0.174 e. The van der Waals surface area contributed by atoms with Crippen LogP contribution in [0.25, 0.3) is 0 Å². The third-order valence-electron chi connectivity index (χ3n) is 6.22. The minimum Gasteiger partial charge on any atom is -0.351 e. The third-order valence-corrected chi connectivity index (χ3v) is 7.07. The standard InChI is InChI=1S/C26H24BrN5S/c1-17-15-22(18(2)31(17)16-19-10-13-28-14-11-19)25-24(23-5-3-4-12-29-23)30-26(33)32(25)21-8-6-20(27)7-9-21/h3-15,24-25H,16H2,1-2H3,(H,30,33)/t24-,25+/m1/s1. The number of nitrogens with zero attached hydrogens (tertiary/aromatic N) is 4. The molecule has 33 heavy (non-hydrogen) atoms. The summed E-state index contributed by atoms with van der Waals surface area (Å²) < 4.78 is 3.40. The molecule has 4 aromatic rings. The highest BCUT2D eigenvalue weighted by Crippen LogP contribution is 2.43. The van der Waals surface area contributed by atoms with Crippen LogP contribution in [0.5, 0.6) is 0 Å². The fourth-order valence-electron chi connectivity index (χ4n) is 4.59. The van der Waals surface area contributed by atoms with Gasteiger partial charge in [-0.2, -0.15) is 0 Å². The van der Waals surface area contributed by atoms with Crippen molar-refractivity contribution < 1.29 is 0 Å². The van der Waals surface area contributed by atoms with Gasteiger partial charge in [-0.15, -0.1) is 0 Å². The molecule has 1 saturated heterocycles. The SMILES string of the molecule is Cc1cc([C@H]2[C@@H](c3ccccn3)NC(=S)N2c2ccc(Br)cc2)c(C)n1Cc1ccncc1. The Labute approximate surface area is 207 Å². The second-order valence-corrected chi connectivity index (χ2v) is 9.54. The van der Waals surface area contributed by atoms with E-state index in [0.29, 0.717) is 5.11 Å². The Balaban J connectivity index is 1.62. The van der Waals surface area contributed by atoms with Crippen molar-refractivity contribution in [2.75, 3.05) is 4.90 Å². The summed E-state index contributed by atoms with van der Waals surface area (Å²) in [4.78, 5) is 11.0. The lowest BCUT2D eigenvalue weighted by molar-refractivity contribution is 0.563. The van der Waals surface area contributed by atoms with Crippen LogP contribution in [0.15, 0.2) is 83.7 Å². The highest BCUT2D eigenvalue weighted by Gasteiger charge is 2.42. The lowest BCUT2D eigenvalue weighted by atomic mass is 9.96. The molecule has 3 aromatic heterocycles. The fourth-order valence-corrected chi connectivity index (χ4v) is 5.20. The highest BCUT2D eigenvalue weighted by molar-refractivity contribution is 9.10. The average molecular weight is 518 g/mol. The monoisotopic (exact) mass is 517 g/mol. The first-order valence-corrected chi connectivity index (χ1v) is 12.0. The number of aryl methyl sites for hydroxylation is 1. The lowest BCUT2D eigenvalue weighted by Gasteiger charge is -2.28. The largest absolute Gasteiger partial charge is 0.351 e. The molecule has 4 heterocycles. The third kappa shape index (κ3) is 4.18. The Morgan fingerprint density at radius 1 is 1.00 bits per heavy atom. The van der Waals surface area contributed by atoms with Crippen molar-refractivity contribution in [2.45, 2.75) is 32.5 Å². The van der Waals surface area contributed by atoms with Crippen molar-refractivity contribution in [3.8, 4) is 0 Å². The zero-order valence-electron chi connectivity index (χ0n) is 18.4. The molecule has 166 valence electrons. The molecule has 5 rings (SSSR count). The van der Waals surface area contributed by atoms with Gasteiger partial charge in [-0.25, -0.2) is 0 Å². The lowest BCUT2D eigenvalue weighted by Crippen LogP contribution is -2.29. The van der Waals surface area contributed by atoms with Gasteiger partial charge in [0.2, 0.25) is 0 Å². The Kier molecular flexibility index (Phi) is 6.00. The number of benzene rings is 1. The molecule has 1 aromatic carbocycles. The average Bonchev–Trinajstić information content (AvgIpc) is 3.32. The zero-order valence-corrected chi connectivity index (χ0v) is 20.8. The molecule has 0 unspecified atom stereocenters. The van der Waals surface area contributed by atoms with Crippen LogP contribution < -0.4 is 10.2 Å². The number of thiocarbonyl (C=S) groups is 1. The summed E-state index contributed by atoms with van der Waals surface area (Å²) in [6.45, 7) is 5.16. The quantitative estimate of drug-likeness (QED) is 0.334. The van der Waals surface area contributed by atoms with Crippen molar-refractivity contribution in [3.63, 3.8) is 0 Å². The summed E-state index contributed by atoms with van der Waals surface area (Å²) in [5, 5.41) is 4.26. The van der Waals surface area contributed by atoms with E-state index < -0.39 is 0 Å². The maximum atomic E-state index is 5.86. The first kappa shape index (κ1) is 21.8.